The van der Waals surface area contributed by atoms with Gasteiger partial charge >= 0.3 is 0 Å². The van der Waals surface area contributed by atoms with Gasteiger partial charge in [0.25, 0.3) is 5.91 Å². The van der Waals surface area contributed by atoms with E-state index in [0.29, 0.717) is 18.2 Å². The third-order valence-electron chi connectivity index (χ3n) is 4.92. The molecule has 1 amide bonds. The van der Waals surface area contributed by atoms with Crippen molar-refractivity contribution in [2.45, 2.75) is 6.92 Å². The fraction of sp³-hybridized carbons (Fsp3) is 0.476. The third-order valence-corrected chi connectivity index (χ3v) is 4.92. The number of nitrogens with one attached hydrogen (secondary N) is 2. The molecule has 0 atom stereocenters. The van der Waals surface area contributed by atoms with E-state index in [9.17, 15) is 4.79 Å². The predicted octanol–water partition coefficient (Wildman–Crippen LogP) is 1.76. The fourth-order valence-corrected chi connectivity index (χ4v) is 3.17. The Morgan fingerprint density at radius 2 is 1.79 bits per heavy atom. The zero-order valence-corrected chi connectivity index (χ0v) is 17.8. The molecule has 1 saturated heterocycles. The normalized spacial score (nSPS) is 14.9. The second-order valence-electron chi connectivity index (χ2n) is 7.74. The Morgan fingerprint density at radius 3 is 2.45 bits per heavy atom. The highest BCUT2D eigenvalue weighted by molar-refractivity contribution is 6.03. The van der Waals surface area contributed by atoms with Crippen LogP contribution in [-0.2, 0) is 0 Å². The maximum absolute atomic E-state index is 12.7. The van der Waals surface area contributed by atoms with Crippen LogP contribution in [0.25, 0.3) is 0 Å². The van der Waals surface area contributed by atoms with E-state index in [1.165, 1.54) is 5.69 Å². The lowest BCUT2D eigenvalue weighted by Crippen LogP contribution is -2.44. The lowest BCUT2D eigenvalue weighted by molar-refractivity contribution is 0.102. The van der Waals surface area contributed by atoms with Crippen molar-refractivity contribution in [3.8, 4) is 0 Å². The number of amides is 1. The minimum absolute atomic E-state index is 0.237. The topological polar surface area (TPSA) is 76.6 Å². The Kier molecular flexibility index (Phi) is 7.00. The van der Waals surface area contributed by atoms with E-state index in [1.807, 2.05) is 33.2 Å². The molecule has 1 aliphatic heterocycles. The molecule has 2 N–H and O–H groups in total. The van der Waals surface area contributed by atoms with Gasteiger partial charge in [-0.3, -0.25) is 4.79 Å². The van der Waals surface area contributed by atoms with Gasteiger partial charge in [-0.25, -0.2) is 9.97 Å². The molecule has 156 valence electrons. The molecule has 0 saturated carbocycles. The summed E-state index contributed by atoms with van der Waals surface area (Å²) in [6, 6.07) is 9.69. The molecule has 0 aliphatic carbocycles. The summed E-state index contributed by atoms with van der Waals surface area (Å²) in [4.78, 5) is 28.2. The monoisotopic (exact) mass is 397 g/mol. The standard InChI is InChI=1S/C21H31N7O/c1-16-15-19(25-21(23-16)22-9-10-26(2)3)20(29)24-17-5-7-18(8-6-17)28-13-11-27(4)12-14-28/h5-8,15H,9-14H2,1-4H3,(H,24,29)(H,22,23,25). The number of carbonyl (C=O) groups is 1. The molecule has 3 rings (SSSR count). The summed E-state index contributed by atoms with van der Waals surface area (Å²) in [5.41, 5.74) is 3.04. The van der Waals surface area contributed by atoms with Crippen molar-refractivity contribution in [3.63, 3.8) is 0 Å². The van der Waals surface area contributed by atoms with E-state index in [4.69, 9.17) is 0 Å². The Labute approximate surface area is 172 Å². The van der Waals surface area contributed by atoms with Crippen molar-refractivity contribution in [2.24, 2.45) is 0 Å². The first-order valence-corrected chi connectivity index (χ1v) is 10.00. The van der Waals surface area contributed by atoms with Crippen LogP contribution in [0, 0.1) is 6.92 Å². The highest BCUT2D eigenvalue weighted by atomic mass is 16.1. The van der Waals surface area contributed by atoms with Crippen molar-refractivity contribution in [1.29, 1.82) is 0 Å². The number of anilines is 3. The van der Waals surface area contributed by atoms with Crippen LogP contribution in [-0.4, -0.2) is 86.1 Å². The van der Waals surface area contributed by atoms with E-state index < -0.39 is 0 Å². The second kappa shape index (κ2) is 9.67. The van der Waals surface area contributed by atoms with Gasteiger partial charge in [-0.05, 0) is 58.4 Å². The summed E-state index contributed by atoms with van der Waals surface area (Å²) < 4.78 is 0. The summed E-state index contributed by atoms with van der Waals surface area (Å²) in [5, 5.41) is 6.10. The molecule has 0 spiro atoms. The summed E-state index contributed by atoms with van der Waals surface area (Å²) >= 11 is 0. The number of likely N-dealkylation sites (N-methyl/N-ethyl adjacent to an activating group) is 2. The molecule has 8 nitrogen and oxygen atoms in total. The van der Waals surface area contributed by atoms with Crippen LogP contribution in [0.4, 0.5) is 17.3 Å². The van der Waals surface area contributed by atoms with Crippen molar-refractivity contribution >= 4 is 23.2 Å². The molecule has 1 aliphatic rings. The van der Waals surface area contributed by atoms with Gasteiger partial charge < -0.3 is 25.3 Å². The van der Waals surface area contributed by atoms with Crippen LogP contribution in [0.15, 0.2) is 30.3 Å². The van der Waals surface area contributed by atoms with Gasteiger partial charge in [0, 0.05) is 56.3 Å². The quantitative estimate of drug-likeness (QED) is 0.737. The summed E-state index contributed by atoms with van der Waals surface area (Å²) in [6.07, 6.45) is 0. The summed E-state index contributed by atoms with van der Waals surface area (Å²) in [6.45, 7) is 7.61. The predicted molar refractivity (Wildman–Crippen MR) is 118 cm³/mol. The molecule has 0 bridgehead atoms. The lowest BCUT2D eigenvalue weighted by Gasteiger charge is -2.34. The molecule has 0 unspecified atom stereocenters. The maximum Gasteiger partial charge on any atom is 0.274 e. The highest BCUT2D eigenvalue weighted by Crippen LogP contribution is 2.20. The Balaban J connectivity index is 1.61. The Morgan fingerprint density at radius 1 is 1.10 bits per heavy atom. The number of benzene rings is 1. The van der Waals surface area contributed by atoms with Gasteiger partial charge in [0.2, 0.25) is 5.95 Å². The number of carbonyl (C=O) groups excluding carboxylic acids is 1. The SMILES string of the molecule is Cc1cc(C(=O)Nc2ccc(N3CCN(C)CC3)cc2)nc(NCCN(C)C)n1. The molecular formula is C21H31N7O. The van der Waals surface area contributed by atoms with Gasteiger partial charge in [-0.15, -0.1) is 0 Å². The zero-order valence-electron chi connectivity index (χ0n) is 17.8. The van der Waals surface area contributed by atoms with Crippen LogP contribution in [0.5, 0.6) is 0 Å². The van der Waals surface area contributed by atoms with Crippen molar-refractivity contribution in [1.82, 2.24) is 19.8 Å². The molecular weight excluding hydrogens is 366 g/mol. The van der Waals surface area contributed by atoms with Crippen LogP contribution in [0.2, 0.25) is 0 Å². The first kappa shape index (κ1) is 21.0. The van der Waals surface area contributed by atoms with Gasteiger partial charge in [-0.2, -0.15) is 0 Å². The van der Waals surface area contributed by atoms with Crippen molar-refractivity contribution in [3.05, 3.63) is 41.7 Å². The molecule has 29 heavy (non-hydrogen) atoms. The third kappa shape index (κ3) is 6.13. The minimum atomic E-state index is -0.237. The van der Waals surface area contributed by atoms with Gasteiger partial charge in [0.05, 0.1) is 0 Å². The summed E-state index contributed by atoms with van der Waals surface area (Å²) in [5.74, 6) is 0.237. The molecule has 2 heterocycles. The molecule has 1 aromatic heterocycles. The van der Waals surface area contributed by atoms with Gasteiger partial charge in [0.1, 0.15) is 5.69 Å². The van der Waals surface area contributed by atoms with E-state index in [0.717, 1.165) is 44.1 Å². The maximum atomic E-state index is 12.7. The first-order chi connectivity index (χ1) is 13.9. The number of nitrogens with zero attached hydrogens (tertiary/aromatic N) is 5. The smallest absolute Gasteiger partial charge is 0.274 e. The molecule has 1 aromatic carbocycles. The van der Waals surface area contributed by atoms with Gasteiger partial charge in [-0.1, -0.05) is 0 Å². The number of aryl methyl sites for hydroxylation is 1. The van der Waals surface area contributed by atoms with Gasteiger partial charge in [0.15, 0.2) is 0 Å². The molecule has 2 aromatic rings. The van der Waals surface area contributed by atoms with E-state index >= 15 is 0 Å². The number of hydrogen-bond acceptors (Lipinski definition) is 7. The van der Waals surface area contributed by atoms with Crippen LogP contribution in [0.1, 0.15) is 16.2 Å². The fourth-order valence-electron chi connectivity index (χ4n) is 3.17. The summed E-state index contributed by atoms with van der Waals surface area (Å²) in [7, 11) is 6.16. The van der Waals surface area contributed by atoms with Crippen LogP contribution >= 0.6 is 0 Å². The first-order valence-electron chi connectivity index (χ1n) is 10.00. The number of aromatic nitrogens is 2. The second-order valence-corrected chi connectivity index (χ2v) is 7.74. The number of hydrogen-bond donors (Lipinski definition) is 2. The largest absolute Gasteiger partial charge is 0.369 e. The molecule has 8 heteroatoms. The molecule has 0 radical (unpaired) electrons. The number of piperazine rings is 1. The molecule has 1 fully saturated rings. The Hall–Kier alpha value is -2.71. The zero-order chi connectivity index (χ0) is 20.8. The van der Waals surface area contributed by atoms with E-state index in [2.05, 4.69) is 54.5 Å². The minimum Gasteiger partial charge on any atom is -0.369 e. The average Bonchev–Trinajstić information content (AvgIpc) is 2.68. The van der Waals surface area contributed by atoms with Crippen molar-refractivity contribution < 1.29 is 4.79 Å². The average molecular weight is 398 g/mol. The Bertz CT molecular complexity index is 814. The van der Waals surface area contributed by atoms with E-state index in [1.54, 1.807) is 6.07 Å². The van der Waals surface area contributed by atoms with Crippen LogP contribution in [0.3, 0.4) is 0 Å². The van der Waals surface area contributed by atoms with Crippen molar-refractivity contribution in [2.75, 3.05) is 75.9 Å². The van der Waals surface area contributed by atoms with E-state index in [-0.39, 0.29) is 5.91 Å². The number of rotatable bonds is 7. The lowest BCUT2D eigenvalue weighted by atomic mass is 10.2. The highest BCUT2D eigenvalue weighted by Gasteiger charge is 2.15. The van der Waals surface area contributed by atoms with Crippen LogP contribution < -0.4 is 15.5 Å².